The smallest absolute Gasteiger partial charge is 0.412 e. The molecule has 0 radical (unpaired) electrons. The van der Waals surface area contributed by atoms with Crippen molar-refractivity contribution < 1.29 is 18.3 Å². The number of hydrogen-bond donors (Lipinski definition) is 1. The van der Waals surface area contributed by atoms with Gasteiger partial charge in [0.25, 0.3) is 0 Å². The fourth-order valence-corrected chi connectivity index (χ4v) is 1.60. The Kier molecular flexibility index (Phi) is 4.29. The topological polar surface area (TPSA) is 38.3 Å². The Bertz CT molecular complexity index is 444. The molecule has 0 bridgehead atoms. The minimum atomic E-state index is -1.02. The highest BCUT2D eigenvalue weighted by molar-refractivity contribution is 14.1. The van der Waals surface area contributed by atoms with Crippen LogP contribution in [0.5, 0.6) is 0 Å². The van der Waals surface area contributed by atoms with Crippen molar-refractivity contribution >= 4 is 34.4 Å². The summed E-state index contributed by atoms with van der Waals surface area (Å²) in [4.78, 5) is 11.4. The van der Waals surface area contributed by atoms with Crippen molar-refractivity contribution in [1.29, 1.82) is 0 Å². The predicted molar refractivity (Wildman–Crippen MR) is 68.9 cm³/mol. The summed E-state index contributed by atoms with van der Waals surface area (Å²) in [6.45, 7) is 5.13. The van der Waals surface area contributed by atoms with Crippen LogP contribution in [-0.4, -0.2) is 11.7 Å². The Morgan fingerprint density at radius 2 is 1.82 bits per heavy atom. The van der Waals surface area contributed by atoms with Crippen LogP contribution in [0.3, 0.4) is 0 Å². The number of rotatable bonds is 1. The van der Waals surface area contributed by atoms with Gasteiger partial charge in [-0.1, -0.05) is 0 Å². The molecule has 0 unspecified atom stereocenters. The molecule has 0 saturated carbocycles. The Labute approximate surface area is 112 Å². The normalized spacial score (nSPS) is 11.2. The molecule has 94 valence electrons. The van der Waals surface area contributed by atoms with E-state index in [1.807, 2.05) is 0 Å². The molecular formula is C11H12F2INO2. The fourth-order valence-electron chi connectivity index (χ4n) is 1.03. The van der Waals surface area contributed by atoms with Gasteiger partial charge in [0.15, 0.2) is 11.6 Å². The molecule has 0 saturated heterocycles. The number of ether oxygens (including phenoxy) is 1. The van der Waals surface area contributed by atoms with Gasteiger partial charge in [0, 0.05) is 9.64 Å². The van der Waals surface area contributed by atoms with Gasteiger partial charge in [-0.25, -0.2) is 13.6 Å². The number of anilines is 1. The minimum Gasteiger partial charge on any atom is -0.444 e. The lowest BCUT2D eigenvalue weighted by Crippen LogP contribution is -2.27. The van der Waals surface area contributed by atoms with Crippen LogP contribution in [0.4, 0.5) is 19.3 Å². The van der Waals surface area contributed by atoms with Crippen LogP contribution >= 0.6 is 22.6 Å². The Morgan fingerprint density at radius 1 is 1.29 bits per heavy atom. The maximum atomic E-state index is 13.0. The van der Waals surface area contributed by atoms with Gasteiger partial charge < -0.3 is 4.74 Å². The summed E-state index contributed by atoms with van der Waals surface area (Å²) in [5.41, 5.74) is -0.465. The summed E-state index contributed by atoms with van der Waals surface area (Å²) >= 11 is 1.80. The molecule has 0 fully saturated rings. The highest BCUT2D eigenvalue weighted by Crippen LogP contribution is 2.22. The lowest BCUT2D eigenvalue weighted by molar-refractivity contribution is 0.0636. The summed E-state index contributed by atoms with van der Waals surface area (Å²) in [6.07, 6.45) is -0.707. The molecule has 0 aromatic heterocycles. The molecule has 3 nitrogen and oxygen atoms in total. The van der Waals surface area contributed by atoms with Gasteiger partial charge in [-0.2, -0.15) is 0 Å². The number of amides is 1. The van der Waals surface area contributed by atoms with E-state index >= 15 is 0 Å². The molecule has 1 amide bonds. The number of carbonyl (C=O) groups excluding carboxylic acids is 1. The largest absolute Gasteiger partial charge is 0.444 e. The first-order valence-corrected chi connectivity index (χ1v) is 5.91. The fraction of sp³-hybridized carbons (Fsp3) is 0.364. The number of nitrogens with one attached hydrogen (secondary N) is 1. The lowest BCUT2D eigenvalue weighted by atomic mass is 10.2. The Balaban J connectivity index is 2.82. The first-order valence-electron chi connectivity index (χ1n) is 4.83. The van der Waals surface area contributed by atoms with Crippen LogP contribution in [0.25, 0.3) is 0 Å². The third-order valence-electron chi connectivity index (χ3n) is 1.65. The standard InChI is InChI=1S/C11H12F2INO2/c1-11(2,3)17-10(16)15-9-5-7(13)6(12)4-8(9)14/h4-5H,1-3H3,(H,15,16). The van der Waals surface area contributed by atoms with E-state index in [0.717, 1.165) is 12.1 Å². The van der Waals surface area contributed by atoms with Crippen LogP contribution in [0.2, 0.25) is 0 Å². The molecule has 0 aliphatic heterocycles. The highest BCUT2D eigenvalue weighted by atomic mass is 127. The van der Waals surface area contributed by atoms with Crippen molar-refractivity contribution in [3.8, 4) is 0 Å². The predicted octanol–water partition coefficient (Wildman–Crippen LogP) is 3.92. The first kappa shape index (κ1) is 14.1. The first-order chi connectivity index (χ1) is 7.69. The van der Waals surface area contributed by atoms with Crippen LogP contribution < -0.4 is 5.32 Å². The van der Waals surface area contributed by atoms with E-state index in [1.54, 1.807) is 43.4 Å². The highest BCUT2D eigenvalue weighted by Gasteiger charge is 2.17. The van der Waals surface area contributed by atoms with Gasteiger partial charge in [0.1, 0.15) is 5.60 Å². The van der Waals surface area contributed by atoms with E-state index in [2.05, 4.69) is 5.32 Å². The summed E-state index contributed by atoms with van der Waals surface area (Å²) in [6, 6.07) is 1.92. The SMILES string of the molecule is CC(C)(C)OC(=O)Nc1cc(F)c(F)cc1I. The zero-order valence-corrected chi connectivity index (χ0v) is 11.8. The number of hydrogen-bond acceptors (Lipinski definition) is 2. The van der Waals surface area contributed by atoms with Gasteiger partial charge >= 0.3 is 6.09 Å². The molecule has 1 aromatic carbocycles. The second-order valence-corrected chi connectivity index (χ2v) is 5.54. The number of halogens is 3. The Hall–Kier alpha value is -0.920. The molecule has 0 spiro atoms. The number of carbonyl (C=O) groups is 1. The van der Waals surface area contributed by atoms with Crippen molar-refractivity contribution in [2.24, 2.45) is 0 Å². The van der Waals surface area contributed by atoms with Crippen LogP contribution in [-0.2, 0) is 4.74 Å². The molecule has 0 aliphatic rings. The molecule has 1 N–H and O–H groups in total. The average molecular weight is 355 g/mol. The van der Waals surface area contributed by atoms with Crippen molar-refractivity contribution in [2.75, 3.05) is 5.32 Å². The van der Waals surface area contributed by atoms with E-state index in [9.17, 15) is 13.6 Å². The number of benzene rings is 1. The van der Waals surface area contributed by atoms with Gasteiger partial charge in [-0.05, 0) is 49.4 Å². The van der Waals surface area contributed by atoms with Crippen LogP contribution in [0.15, 0.2) is 12.1 Å². The minimum absolute atomic E-state index is 0.179. The quantitative estimate of drug-likeness (QED) is 0.613. The third-order valence-corrected chi connectivity index (χ3v) is 2.54. The lowest BCUT2D eigenvalue weighted by Gasteiger charge is -2.20. The Morgan fingerprint density at radius 3 is 2.35 bits per heavy atom. The van der Waals surface area contributed by atoms with E-state index in [-0.39, 0.29) is 5.69 Å². The maximum absolute atomic E-state index is 13.0. The summed E-state index contributed by atoms with van der Waals surface area (Å²) in [5.74, 6) is -1.97. The second kappa shape index (κ2) is 5.16. The van der Waals surface area contributed by atoms with Crippen LogP contribution in [0.1, 0.15) is 20.8 Å². The molecule has 6 heteroatoms. The third kappa shape index (κ3) is 4.45. The van der Waals surface area contributed by atoms with Crippen LogP contribution in [0, 0.1) is 15.2 Å². The molecule has 1 aromatic rings. The molecule has 0 heterocycles. The van der Waals surface area contributed by atoms with Crippen molar-refractivity contribution in [1.82, 2.24) is 0 Å². The average Bonchev–Trinajstić information content (AvgIpc) is 2.11. The van der Waals surface area contributed by atoms with E-state index in [0.29, 0.717) is 3.57 Å². The zero-order valence-electron chi connectivity index (χ0n) is 9.61. The summed E-state index contributed by atoms with van der Waals surface area (Å²) < 4.78 is 31.2. The second-order valence-electron chi connectivity index (χ2n) is 4.37. The molecule has 0 aliphatic carbocycles. The molecule has 0 atom stereocenters. The van der Waals surface area contributed by atoms with Gasteiger partial charge in [-0.15, -0.1) is 0 Å². The van der Waals surface area contributed by atoms with E-state index < -0.39 is 23.3 Å². The van der Waals surface area contributed by atoms with E-state index in [4.69, 9.17) is 4.74 Å². The molecule has 1 rings (SSSR count). The summed E-state index contributed by atoms with van der Waals surface area (Å²) in [7, 11) is 0. The molecular weight excluding hydrogens is 343 g/mol. The monoisotopic (exact) mass is 355 g/mol. The molecule has 17 heavy (non-hydrogen) atoms. The van der Waals surface area contributed by atoms with Gasteiger partial charge in [0.05, 0.1) is 5.69 Å². The maximum Gasteiger partial charge on any atom is 0.412 e. The summed E-state index contributed by atoms with van der Waals surface area (Å²) in [5, 5.41) is 2.36. The van der Waals surface area contributed by atoms with Crippen molar-refractivity contribution in [3.63, 3.8) is 0 Å². The van der Waals surface area contributed by atoms with E-state index in [1.165, 1.54) is 0 Å². The van der Waals surface area contributed by atoms with Gasteiger partial charge in [0.2, 0.25) is 0 Å². The van der Waals surface area contributed by atoms with Crippen molar-refractivity contribution in [2.45, 2.75) is 26.4 Å². The van der Waals surface area contributed by atoms with Gasteiger partial charge in [-0.3, -0.25) is 5.32 Å². The van der Waals surface area contributed by atoms with Crippen molar-refractivity contribution in [3.05, 3.63) is 27.3 Å². The zero-order chi connectivity index (χ0) is 13.2.